The molecule has 0 fully saturated rings. The van der Waals surface area contributed by atoms with E-state index < -0.39 is 39.5 Å². The zero-order chi connectivity index (χ0) is 37.7. The van der Waals surface area contributed by atoms with Crippen LogP contribution in [0.4, 0.5) is 28.9 Å². The first-order valence-electron chi connectivity index (χ1n) is 17.5. The van der Waals surface area contributed by atoms with Crippen molar-refractivity contribution < 1.29 is 31.6 Å². The average Bonchev–Trinajstić information content (AvgIpc) is 3.47. The van der Waals surface area contributed by atoms with Crippen LogP contribution in [0.5, 0.6) is 11.5 Å². The van der Waals surface area contributed by atoms with Crippen molar-refractivity contribution in [3.05, 3.63) is 150 Å². The summed E-state index contributed by atoms with van der Waals surface area (Å²) >= 11 is 0. The summed E-state index contributed by atoms with van der Waals surface area (Å²) in [6.45, 7) is 8.63. The second-order valence-corrected chi connectivity index (χ2v) is 14.5. The highest BCUT2D eigenvalue weighted by atomic mass is 19.4. The second kappa shape index (κ2) is 13.5. The Bertz CT molecular complexity index is 2380. The Balaban J connectivity index is 1.27. The van der Waals surface area contributed by atoms with Crippen molar-refractivity contribution in [1.29, 1.82) is 0 Å². The molecule has 6 nitrogen and oxygen atoms in total. The maximum atomic E-state index is 14.5. The van der Waals surface area contributed by atoms with Crippen LogP contribution in [-0.4, -0.2) is 42.6 Å². The lowest BCUT2D eigenvalue weighted by Gasteiger charge is -2.32. The topological polar surface area (TPSA) is 58.8 Å². The van der Waals surface area contributed by atoms with E-state index in [0.717, 1.165) is 23.4 Å². The molecule has 2 heterocycles. The van der Waals surface area contributed by atoms with Crippen LogP contribution in [-0.2, 0) is 17.0 Å². The maximum absolute atomic E-state index is 14.5. The van der Waals surface area contributed by atoms with Gasteiger partial charge in [-0.05, 0) is 80.1 Å². The highest BCUT2D eigenvalue weighted by Gasteiger charge is 2.47. The number of hydrogen-bond acceptors (Lipinski definition) is 5. The number of hydrogen-bond donors (Lipinski definition) is 0. The van der Waals surface area contributed by atoms with Crippen LogP contribution in [0.1, 0.15) is 44.4 Å². The monoisotopic (exact) mass is 723 g/mol. The van der Waals surface area contributed by atoms with Crippen LogP contribution in [0.2, 0.25) is 0 Å². The predicted molar refractivity (Wildman–Crippen MR) is 198 cm³/mol. The van der Waals surface area contributed by atoms with Crippen LogP contribution in [0.25, 0.3) is 12.2 Å². The minimum atomic E-state index is -4.55. The minimum Gasteiger partial charge on any atom is -0.492 e. The quantitative estimate of drug-likeness (QED) is 0.123. The van der Waals surface area contributed by atoms with E-state index in [1.54, 1.807) is 26.0 Å². The van der Waals surface area contributed by atoms with E-state index in [2.05, 4.69) is 0 Å². The molecular formula is C43H39F4N2O4+. The highest BCUT2D eigenvalue weighted by Crippen LogP contribution is 2.46. The van der Waals surface area contributed by atoms with Crippen molar-refractivity contribution in [2.24, 2.45) is 0 Å². The lowest BCUT2D eigenvalue weighted by molar-refractivity contribution is -0.439. The molecular weight excluding hydrogens is 684 g/mol. The van der Waals surface area contributed by atoms with Crippen molar-refractivity contribution in [2.45, 2.75) is 50.7 Å². The molecule has 0 spiro atoms. The largest absolute Gasteiger partial charge is 0.492 e. The number of ether oxygens (including phenoxy) is 2. The zero-order valence-corrected chi connectivity index (χ0v) is 29.8. The van der Waals surface area contributed by atoms with Crippen LogP contribution >= 0.6 is 0 Å². The van der Waals surface area contributed by atoms with Crippen LogP contribution in [0.15, 0.2) is 107 Å². The summed E-state index contributed by atoms with van der Waals surface area (Å²) in [5, 5.41) is -0.0284. The number of rotatable bonds is 10. The molecule has 0 amide bonds. The van der Waals surface area contributed by atoms with Crippen molar-refractivity contribution in [3.63, 3.8) is 0 Å². The van der Waals surface area contributed by atoms with Gasteiger partial charge in [-0.1, -0.05) is 50.2 Å². The Kier molecular flexibility index (Phi) is 9.12. The molecule has 10 heteroatoms. The first-order valence-corrected chi connectivity index (χ1v) is 17.5. The van der Waals surface area contributed by atoms with Crippen molar-refractivity contribution >= 4 is 29.2 Å². The normalized spacial score (nSPS) is 17.1. The minimum absolute atomic E-state index is 0.0174. The zero-order valence-electron chi connectivity index (χ0n) is 29.8. The van der Waals surface area contributed by atoms with E-state index in [4.69, 9.17) is 9.47 Å². The Labute approximate surface area is 304 Å². The molecule has 0 radical (unpaired) electrons. The third-order valence-corrected chi connectivity index (χ3v) is 10.5. The van der Waals surface area contributed by atoms with Gasteiger partial charge in [-0.2, -0.15) is 17.7 Å². The van der Waals surface area contributed by atoms with E-state index in [1.165, 1.54) is 24.3 Å². The number of para-hydroxylation sites is 2. The molecule has 0 bridgehead atoms. The molecule has 2 aliphatic heterocycles. The standard InChI is InChI=1S/C43H39F4N2O4/c1-41(2)33-23-27(43(45,46)47)15-17-35(33)48(19-21-52-29-11-7-5-8-12-29)37(41)25-31-39(50)32(40(31)51)26-38-42(3,4)34-24-28(44)16-18-36(34)49(38)20-22-53-30-13-9-6-10-14-30/h5-18,23-26,38H,19-22H2,1-4H3/q+1. The second-order valence-electron chi connectivity index (χ2n) is 14.5. The molecule has 0 aromatic heterocycles. The summed E-state index contributed by atoms with van der Waals surface area (Å²) in [6.07, 6.45) is -1.36. The smallest absolute Gasteiger partial charge is 0.416 e. The molecule has 1 atom stereocenters. The maximum Gasteiger partial charge on any atom is 0.416 e. The summed E-state index contributed by atoms with van der Waals surface area (Å²) in [4.78, 5) is 29.8. The summed E-state index contributed by atoms with van der Waals surface area (Å²) in [6, 6.07) is 26.2. The number of fused-ring (bicyclic) bond motifs is 2. The number of anilines is 1. The highest BCUT2D eigenvalue weighted by molar-refractivity contribution is 6.15. The summed E-state index contributed by atoms with van der Waals surface area (Å²) in [5.74, 6) is 0.951. The lowest BCUT2D eigenvalue weighted by atomic mass is 9.79. The van der Waals surface area contributed by atoms with Crippen LogP contribution in [0, 0.1) is 5.82 Å². The Morgan fingerprint density at radius 1 is 0.774 bits per heavy atom. The van der Waals surface area contributed by atoms with Crippen molar-refractivity contribution in [1.82, 2.24) is 0 Å². The van der Waals surface area contributed by atoms with Crippen LogP contribution < -0.4 is 35.7 Å². The molecule has 2 aliphatic rings. The third-order valence-electron chi connectivity index (χ3n) is 10.5. The molecule has 7 rings (SSSR count). The number of nitrogens with zero attached hydrogens (tertiary/aromatic N) is 2. The number of halogens is 4. The molecule has 0 saturated carbocycles. The molecule has 1 unspecified atom stereocenters. The Hall–Kier alpha value is -5.51. The molecule has 0 saturated heterocycles. The van der Waals surface area contributed by atoms with Gasteiger partial charge in [-0.3, -0.25) is 9.59 Å². The van der Waals surface area contributed by atoms with Gasteiger partial charge in [0, 0.05) is 28.8 Å². The fourth-order valence-corrected chi connectivity index (χ4v) is 7.65. The molecule has 272 valence electrons. The Morgan fingerprint density at radius 3 is 2.02 bits per heavy atom. The third kappa shape index (κ3) is 6.55. The van der Waals surface area contributed by atoms with Gasteiger partial charge in [0.2, 0.25) is 16.5 Å². The predicted octanol–water partition coefficient (Wildman–Crippen LogP) is 6.40. The van der Waals surface area contributed by atoms with Gasteiger partial charge in [-0.25, -0.2) is 4.39 Å². The fourth-order valence-electron chi connectivity index (χ4n) is 7.65. The number of benzene rings is 4. The van der Waals surface area contributed by atoms with Gasteiger partial charge in [0.1, 0.15) is 30.5 Å². The van der Waals surface area contributed by atoms with E-state index in [1.807, 2.05) is 84.0 Å². The molecule has 53 heavy (non-hydrogen) atoms. The molecule has 0 aliphatic carbocycles. The van der Waals surface area contributed by atoms with Crippen molar-refractivity contribution in [3.8, 4) is 11.5 Å². The Morgan fingerprint density at radius 2 is 1.40 bits per heavy atom. The van der Waals surface area contributed by atoms with E-state index >= 15 is 0 Å². The van der Waals surface area contributed by atoms with Gasteiger partial charge in [0.05, 0.1) is 34.0 Å². The van der Waals surface area contributed by atoms with Crippen LogP contribution in [0.3, 0.4) is 0 Å². The van der Waals surface area contributed by atoms with Crippen molar-refractivity contribution in [2.75, 3.05) is 31.2 Å². The molecule has 5 aromatic rings. The fraction of sp³-hybridized carbons (Fsp3) is 0.279. The first-order chi connectivity index (χ1) is 25.2. The summed E-state index contributed by atoms with van der Waals surface area (Å²) in [7, 11) is 0. The van der Waals surface area contributed by atoms with E-state index in [9.17, 15) is 27.2 Å². The SMILES string of the molecule is CC1(C)C(C=c2c(=O)c(=CC3N(CCOc4ccccc4)c4ccc(F)cc4C3(C)C)c2=O)=[N+](CCOc2ccccc2)c2ccc(C(F)(F)F)cc21. The van der Waals surface area contributed by atoms with Gasteiger partial charge in [0.25, 0.3) is 0 Å². The van der Waals surface area contributed by atoms with Gasteiger partial charge in [0.15, 0.2) is 12.3 Å². The van der Waals surface area contributed by atoms with Gasteiger partial charge >= 0.3 is 6.18 Å². The van der Waals surface area contributed by atoms with E-state index in [-0.39, 0.29) is 29.4 Å². The average molecular weight is 724 g/mol. The number of alkyl halides is 3. The first kappa shape index (κ1) is 35.9. The summed E-state index contributed by atoms with van der Waals surface area (Å²) < 4.78 is 69.8. The summed E-state index contributed by atoms with van der Waals surface area (Å²) in [5.41, 5.74) is -0.306. The van der Waals surface area contributed by atoms with Gasteiger partial charge < -0.3 is 14.4 Å². The van der Waals surface area contributed by atoms with Gasteiger partial charge in [-0.15, -0.1) is 0 Å². The van der Waals surface area contributed by atoms with E-state index in [0.29, 0.717) is 41.6 Å². The molecule has 5 aromatic carbocycles. The lowest BCUT2D eigenvalue weighted by Crippen LogP contribution is -2.66. The molecule has 0 N–H and O–H groups in total.